The zero-order chi connectivity index (χ0) is 23.6. The molecular weight excluding hydrogens is 444 g/mol. The average Bonchev–Trinajstić information content (AvgIpc) is 3.20. The van der Waals surface area contributed by atoms with Crippen molar-refractivity contribution in [2.24, 2.45) is 0 Å². The van der Waals surface area contributed by atoms with Gasteiger partial charge in [-0.25, -0.2) is 4.68 Å². The molecule has 4 N–H and O–H groups in total. The van der Waals surface area contributed by atoms with Crippen LogP contribution < -0.4 is 30.7 Å². The van der Waals surface area contributed by atoms with Gasteiger partial charge in [0.15, 0.2) is 17.3 Å². The highest BCUT2D eigenvalue weighted by molar-refractivity contribution is 7.99. The van der Waals surface area contributed by atoms with Gasteiger partial charge in [0, 0.05) is 12.2 Å². The van der Waals surface area contributed by atoms with Gasteiger partial charge in [-0.15, -0.1) is 10.2 Å². The molecule has 0 spiro atoms. The number of nitrogens with two attached hydrogens (primary N) is 1. The van der Waals surface area contributed by atoms with Crippen molar-refractivity contribution in [3.8, 4) is 17.2 Å². The van der Waals surface area contributed by atoms with Gasteiger partial charge in [0.25, 0.3) is 0 Å². The SMILES string of the molecule is COc1ccc(NCc2nnc(SCC(=O)NCCc3ccc(OC)c(OC)c3)n2N)cc1. The van der Waals surface area contributed by atoms with Crippen molar-refractivity contribution in [2.75, 3.05) is 44.8 Å². The van der Waals surface area contributed by atoms with E-state index in [2.05, 4.69) is 20.8 Å². The van der Waals surface area contributed by atoms with E-state index >= 15 is 0 Å². The Morgan fingerprint density at radius 1 is 1.03 bits per heavy atom. The van der Waals surface area contributed by atoms with Crippen LogP contribution in [0.15, 0.2) is 47.6 Å². The van der Waals surface area contributed by atoms with E-state index in [4.69, 9.17) is 20.1 Å². The van der Waals surface area contributed by atoms with E-state index in [-0.39, 0.29) is 11.7 Å². The van der Waals surface area contributed by atoms with Crippen molar-refractivity contribution >= 4 is 23.4 Å². The molecule has 0 fully saturated rings. The molecule has 11 heteroatoms. The minimum absolute atomic E-state index is 0.110. The minimum Gasteiger partial charge on any atom is -0.497 e. The summed E-state index contributed by atoms with van der Waals surface area (Å²) in [6.07, 6.45) is 0.672. The molecule has 0 saturated carbocycles. The van der Waals surface area contributed by atoms with Gasteiger partial charge in [-0.3, -0.25) is 4.79 Å². The number of anilines is 1. The molecule has 0 saturated heterocycles. The third kappa shape index (κ3) is 6.69. The summed E-state index contributed by atoms with van der Waals surface area (Å²) < 4.78 is 17.1. The van der Waals surface area contributed by atoms with Crippen LogP contribution in [0.25, 0.3) is 0 Å². The van der Waals surface area contributed by atoms with E-state index in [1.54, 1.807) is 21.3 Å². The summed E-state index contributed by atoms with van der Waals surface area (Å²) in [7, 11) is 4.81. The Morgan fingerprint density at radius 3 is 2.48 bits per heavy atom. The monoisotopic (exact) mass is 472 g/mol. The summed E-state index contributed by atoms with van der Waals surface area (Å²) in [6, 6.07) is 13.2. The normalized spacial score (nSPS) is 10.5. The summed E-state index contributed by atoms with van der Waals surface area (Å²) >= 11 is 1.23. The highest BCUT2D eigenvalue weighted by Gasteiger charge is 2.12. The number of methoxy groups -OCH3 is 3. The third-order valence-electron chi connectivity index (χ3n) is 4.79. The molecule has 176 valence electrons. The number of hydrogen-bond donors (Lipinski definition) is 3. The Kier molecular flexibility index (Phi) is 8.64. The number of ether oxygens (including phenoxy) is 3. The smallest absolute Gasteiger partial charge is 0.230 e. The Morgan fingerprint density at radius 2 is 1.79 bits per heavy atom. The Labute approximate surface area is 196 Å². The molecule has 2 aromatic carbocycles. The van der Waals surface area contributed by atoms with Gasteiger partial charge in [-0.2, -0.15) is 0 Å². The van der Waals surface area contributed by atoms with Crippen LogP contribution in [0.3, 0.4) is 0 Å². The molecule has 0 aliphatic heterocycles. The van der Waals surface area contributed by atoms with Crippen molar-refractivity contribution in [2.45, 2.75) is 18.1 Å². The standard InChI is InChI=1S/C22H28N6O4S/c1-30-17-7-5-16(6-8-17)25-13-20-26-27-22(28(20)23)33-14-21(29)24-11-10-15-4-9-18(31-2)19(12-15)32-3/h4-9,12,25H,10-11,13-14,23H2,1-3H3,(H,24,29). The second-order valence-electron chi connectivity index (χ2n) is 6.93. The van der Waals surface area contributed by atoms with E-state index in [0.29, 0.717) is 42.0 Å². The number of aromatic nitrogens is 3. The molecule has 1 aromatic heterocycles. The number of nitrogens with one attached hydrogen (secondary N) is 2. The largest absolute Gasteiger partial charge is 0.497 e. The van der Waals surface area contributed by atoms with Crippen molar-refractivity contribution in [3.63, 3.8) is 0 Å². The lowest BCUT2D eigenvalue weighted by Gasteiger charge is -2.10. The first kappa shape index (κ1) is 24.1. The molecule has 0 aliphatic rings. The maximum Gasteiger partial charge on any atom is 0.230 e. The quantitative estimate of drug-likeness (QED) is 0.268. The van der Waals surface area contributed by atoms with E-state index < -0.39 is 0 Å². The lowest BCUT2D eigenvalue weighted by Crippen LogP contribution is -2.27. The number of carbonyl (C=O) groups excluding carboxylic acids is 1. The van der Waals surface area contributed by atoms with E-state index in [0.717, 1.165) is 17.0 Å². The van der Waals surface area contributed by atoms with Crippen molar-refractivity contribution in [3.05, 3.63) is 53.9 Å². The van der Waals surface area contributed by atoms with Crippen LogP contribution in [0.4, 0.5) is 5.69 Å². The van der Waals surface area contributed by atoms with Gasteiger partial charge < -0.3 is 30.7 Å². The summed E-state index contributed by atoms with van der Waals surface area (Å²) in [4.78, 5) is 12.2. The third-order valence-corrected chi connectivity index (χ3v) is 5.74. The number of carbonyl (C=O) groups is 1. The summed E-state index contributed by atoms with van der Waals surface area (Å²) in [5, 5.41) is 14.8. The number of benzene rings is 2. The highest BCUT2D eigenvalue weighted by atomic mass is 32.2. The first-order valence-corrected chi connectivity index (χ1v) is 11.2. The van der Waals surface area contributed by atoms with Gasteiger partial charge in [0.05, 0.1) is 33.6 Å². The number of thioether (sulfide) groups is 1. The number of hydrogen-bond acceptors (Lipinski definition) is 9. The predicted molar refractivity (Wildman–Crippen MR) is 127 cm³/mol. The molecule has 0 aliphatic carbocycles. The molecule has 0 radical (unpaired) electrons. The van der Waals surface area contributed by atoms with E-state index in [1.165, 1.54) is 16.4 Å². The van der Waals surface area contributed by atoms with E-state index in [1.807, 2.05) is 42.5 Å². The fourth-order valence-corrected chi connectivity index (χ4v) is 3.68. The fraction of sp³-hybridized carbons (Fsp3) is 0.318. The van der Waals surface area contributed by atoms with Gasteiger partial charge in [0.1, 0.15) is 5.75 Å². The van der Waals surface area contributed by atoms with Crippen LogP contribution in [0.5, 0.6) is 17.2 Å². The average molecular weight is 473 g/mol. The lowest BCUT2D eigenvalue weighted by molar-refractivity contribution is -0.118. The van der Waals surface area contributed by atoms with Gasteiger partial charge in [-0.05, 0) is 48.4 Å². The molecule has 3 aromatic rings. The van der Waals surface area contributed by atoms with Gasteiger partial charge >= 0.3 is 0 Å². The van der Waals surface area contributed by atoms with Crippen LogP contribution in [0, 0.1) is 0 Å². The van der Waals surface area contributed by atoms with Gasteiger partial charge in [-0.1, -0.05) is 17.8 Å². The topological polar surface area (TPSA) is 126 Å². The molecule has 0 atom stereocenters. The van der Waals surface area contributed by atoms with Crippen molar-refractivity contribution in [1.82, 2.24) is 20.2 Å². The predicted octanol–water partition coefficient (Wildman–Crippen LogP) is 2.08. The minimum atomic E-state index is -0.110. The fourth-order valence-electron chi connectivity index (χ4n) is 2.98. The van der Waals surface area contributed by atoms with Crippen LogP contribution in [-0.4, -0.2) is 54.4 Å². The molecule has 0 bridgehead atoms. The zero-order valence-electron chi connectivity index (χ0n) is 18.8. The molecule has 1 heterocycles. The summed E-state index contributed by atoms with van der Waals surface area (Å²) in [6.45, 7) is 0.898. The molecule has 10 nitrogen and oxygen atoms in total. The second kappa shape index (κ2) is 11.9. The van der Waals surface area contributed by atoms with Crippen LogP contribution >= 0.6 is 11.8 Å². The molecule has 0 unspecified atom stereocenters. The zero-order valence-corrected chi connectivity index (χ0v) is 19.6. The molecule has 3 rings (SSSR count). The Hall–Kier alpha value is -3.60. The van der Waals surface area contributed by atoms with Crippen LogP contribution in [0.2, 0.25) is 0 Å². The molecule has 1 amide bonds. The number of nitrogen functional groups attached to an aromatic ring is 1. The lowest BCUT2D eigenvalue weighted by atomic mass is 10.1. The van der Waals surface area contributed by atoms with Crippen molar-refractivity contribution in [1.29, 1.82) is 0 Å². The first-order valence-electron chi connectivity index (χ1n) is 10.2. The first-order chi connectivity index (χ1) is 16.0. The van der Waals surface area contributed by atoms with E-state index in [9.17, 15) is 4.79 Å². The number of rotatable bonds is 12. The van der Waals surface area contributed by atoms with Crippen LogP contribution in [0.1, 0.15) is 11.4 Å². The molecular formula is C22H28N6O4S. The van der Waals surface area contributed by atoms with Crippen molar-refractivity contribution < 1.29 is 19.0 Å². The summed E-state index contributed by atoms with van der Waals surface area (Å²) in [5.41, 5.74) is 1.94. The van der Waals surface area contributed by atoms with Crippen LogP contribution in [-0.2, 0) is 17.8 Å². The maximum absolute atomic E-state index is 12.2. The Bertz CT molecular complexity index is 1060. The van der Waals surface area contributed by atoms with Gasteiger partial charge in [0.2, 0.25) is 11.1 Å². The number of amides is 1. The number of nitrogens with zero attached hydrogens (tertiary/aromatic N) is 3. The maximum atomic E-state index is 12.2. The molecule has 33 heavy (non-hydrogen) atoms. The Balaban J connectivity index is 1.42. The highest BCUT2D eigenvalue weighted by Crippen LogP contribution is 2.27. The second-order valence-corrected chi connectivity index (χ2v) is 7.87. The summed E-state index contributed by atoms with van der Waals surface area (Å²) in [5.74, 6) is 8.84.